The van der Waals surface area contributed by atoms with E-state index < -0.39 is 51.2 Å². The van der Waals surface area contributed by atoms with E-state index in [1.165, 1.54) is 12.1 Å². The number of hydrogen-bond acceptors (Lipinski definition) is 6. The van der Waals surface area contributed by atoms with E-state index in [-0.39, 0.29) is 47.3 Å². The molecule has 8 aliphatic rings. The molecule has 0 aliphatic heterocycles. The van der Waals surface area contributed by atoms with Crippen LogP contribution in [0, 0.1) is 59.2 Å². The second-order valence-corrected chi connectivity index (χ2v) is 20.1. The summed E-state index contributed by atoms with van der Waals surface area (Å²) in [6.45, 7) is 1.90. The molecule has 41 heavy (non-hydrogen) atoms. The van der Waals surface area contributed by atoms with Crippen molar-refractivity contribution >= 4 is 30.4 Å². The molecule has 0 spiro atoms. The molecule has 0 heterocycles. The molecule has 0 saturated heterocycles. The highest BCUT2D eigenvalue weighted by atomic mass is 32.2. The summed E-state index contributed by atoms with van der Waals surface area (Å²) in [6, 6.07) is 4.60. The molecule has 226 valence electrons. The first-order valence-electron chi connectivity index (χ1n) is 15.0. The second kappa shape index (κ2) is 7.96. The molecule has 9 rings (SSSR count). The molecular formula is C29H38O9S3. The quantitative estimate of drug-likeness (QED) is 0.316. The van der Waals surface area contributed by atoms with Gasteiger partial charge in [0, 0.05) is 0 Å². The van der Waals surface area contributed by atoms with Crippen LogP contribution in [0.2, 0.25) is 0 Å². The summed E-state index contributed by atoms with van der Waals surface area (Å²) in [4.78, 5) is -0.181. The minimum absolute atomic E-state index is 0.107. The summed E-state index contributed by atoms with van der Waals surface area (Å²) in [5, 5.41) is -0.817. The third-order valence-electron chi connectivity index (χ3n) is 13.9. The van der Waals surface area contributed by atoms with E-state index in [1.54, 1.807) is 6.07 Å². The van der Waals surface area contributed by atoms with Crippen LogP contribution in [0.1, 0.15) is 81.3 Å². The highest BCUT2D eigenvalue weighted by Crippen LogP contribution is 2.83. The molecule has 1 aromatic carbocycles. The van der Waals surface area contributed by atoms with E-state index in [2.05, 4.69) is 0 Å². The van der Waals surface area contributed by atoms with Crippen molar-refractivity contribution in [2.24, 2.45) is 52.3 Å². The average molecular weight is 627 g/mol. The van der Waals surface area contributed by atoms with Gasteiger partial charge < -0.3 is 0 Å². The van der Waals surface area contributed by atoms with Gasteiger partial charge in [-0.3, -0.25) is 13.7 Å². The Hall–Kier alpha value is -1.05. The molecule has 8 saturated carbocycles. The first kappa shape index (κ1) is 27.5. The Balaban J connectivity index is 1.28. The van der Waals surface area contributed by atoms with Crippen molar-refractivity contribution in [2.45, 2.75) is 91.9 Å². The van der Waals surface area contributed by atoms with E-state index in [0.717, 1.165) is 30.4 Å². The van der Waals surface area contributed by atoms with Gasteiger partial charge in [-0.25, -0.2) is 0 Å². The maximum Gasteiger partial charge on any atom is 0.294 e. The first-order chi connectivity index (χ1) is 19.0. The van der Waals surface area contributed by atoms with Gasteiger partial charge in [-0.1, -0.05) is 6.07 Å². The fourth-order valence-corrected chi connectivity index (χ4v) is 16.3. The lowest BCUT2D eigenvalue weighted by molar-refractivity contribution is -0.160. The third kappa shape index (κ3) is 3.41. The monoisotopic (exact) mass is 626 g/mol. The van der Waals surface area contributed by atoms with E-state index in [1.807, 2.05) is 6.92 Å². The minimum Gasteiger partial charge on any atom is -0.285 e. The topological polar surface area (TPSA) is 163 Å². The Labute approximate surface area is 242 Å². The van der Waals surface area contributed by atoms with Crippen molar-refractivity contribution in [3.63, 3.8) is 0 Å². The van der Waals surface area contributed by atoms with Crippen molar-refractivity contribution in [1.82, 2.24) is 0 Å². The molecule has 12 heteroatoms. The standard InChI is InChI=1S/C29H38O9S3/c1-15-2-5-20(39(30,31)32)7-21(15)24-18-8-27(9-19(24)11-28(10-18,14-27)41(36,37)38)29-12-22(23(13-29)40(33,34)35)25-16-3-4-17(6-16)26(25)29/h2,5,7,16-19,22-26H,3-4,6,8-14H2,1H3,(H,30,31,32)(H,33,34,35)(H,36,37,38). The zero-order valence-electron chi connectivity index (χ0n) is 23.0. The molecule has 9 nitrogen and oxygen atoms in total. The maximum absolute atomic E-state index is 13.2. The number of aryl methyl sites for hydroxylation is 1. The summed E-state index contributed by atoms with van der Waals surface area (Å²) in [5.74, 6) is 1.02. The summed E-state index contributed by atoms with van der Waals surface area (Å²) in [5.41, 5.74) is 0.814. The average Bonchev–Trinajstić information content (AvgIpc) is 3.62. The third-order valence-corrected chi connectivity index (χ3v) is 17.6. The van der Waals surface area contributed by atoms with E-state index in [9.17, 15) is 38.9 Å². The largest absolute Gasteiger partial charge is 0.294 e. The zero-order valence-corrected chi connectivity index (χ0v) is 25.5. The van der Waals surface area contributed by atoms with Gasteiger partial charge in [-0.05, 0) is 153 Å². The van der Waals surface area contributed by atoms with Crippen molar-refractivity contribution in [2.75, 3.05) is 0 Å². The normalized spacial score (nSPS) is 49.6. The Morgan fingerprint density at radius 3 is 2.07 bits per heavy atom. The molecule has 0 aromatic heterocycles. The zero-order chi connectivity index (χ0) is 29.1. The highest BCUT2D eigenvalue weighted by molar-refractivity contribution is 7.87. The van der Waals surface area contributed by atoms with Gasteiger partial charge in [0.15, 0.2) is 0 Å². The fraction of sp³-hybridized carbons (Fsp3) is 0.793. The van der Waals surface area contributed by atoms with Crippen molar-refractivity contribution in [3.8, 4) is 0 Å². The number of rotatable bonds is 5. The van der Waals surface area contributed by atoms with Crippen LogP contribution in [0.5, 0.6) is 0 Å². The van der Waals surface area contributed by atoms with Crippen LogP contribution in [0.25, 0.3) is 0 Å². The second-order valence-electron chi connectivity index (χ2n) is 15.2. The number of benzene rings is 1. The smallest absolute Gasteiger partial charge is 0.285 e. The van der Waals surface area contributed by atoms with Crippen LogP contribution in [-0.2, 0) is 30.4 Å². The van der Waals surface area contributed by atoms with Crippen LogP contribution in [0.4, 0.5) is 0 Å². The lowest BCUT2D eigenvalue weighted by Gasteiger charge is -2.69. The Morgan fingerprint density at radius 1 is 0.805 bits per heavy atom. The molecule has 8 aliphatic carbocycles. The van der Waals surface area contributed by atoms with Gasteiger partial charge in [0.05, 0.1) is 14.9 Å². The summed E-state index contributed by atoms with van der Waals surface area (Å²) in [7, 11) is -13.1. The van der Waals surface area contributed by atoms with E-state index in [0.29, 0.717) is 49.9 Å². The van der Waals surface area contributed by atoms with Crippen LogP contribution in [-0.4, -0.2) is 48.9 Å². The molecule has 8 bridgehead atoms. The fourth-order valence-electron chi connectivity index (χ4n) is 13.3. The van der Waals surface area contributed by atoms with Gasteiger partial charge >= 0.3 is 0 Å². The predicted molar refractivity (Wildman–Crippen MR) is 149 cm³/mol. The lowest BCUT2D eigenvalue weighted by Crippen LogP contribution is -2.66. The minimum atomic E-state index is -4.44. The Bertz CT molecular complexity index is 1670. The molecule has 1 aromatic rings. The van der Waals surface area contributed by atoms with Crippen LogP contribution < -0.4 is 0 Å². The van der Waals surface area contributed by atoms with E-state index >= 15 is 0 Å². The first-order valence-corrected chi connectivity index (χ1v) is 19.4. The SMILES string of the molecule is Cc1ccc(S(=O)(=O)O)cc1C1C2CC3(C45CC(C6C7CCC(C7)C64)C(S(=O)(=O)O)C5)CC1CC(S(=O)(=O)O)(C2)C3. The van der Waals surface area contributed by atoms with Gasteiger partial charge in [-0.15, -0.1) is 0 Å². The molecule has 9 unspecified atom stereocenters. The predicted octanol–water partition coefficient (Wildman–Crippen LogP) is 4.49. The van der Waals surface area contributed by atoms with Crippen LogP contribution >= 0.6 is 0 Å². The summed E-state index contributed by atoms with van der Waals surface area (Å²) in [6.07, 6.45) is 6.65. The van der Waals surface area contributed by atoms with Crippen molar-refractivity contribution in [1.29, 1.82) is 0 Å². The number of fused-ring (bicyclic) bond motifs is 9. The van der Waals surface area contributed by atoms with E-state index in [4.69, 9.17) is 0 Å². The van der Waals surface area contributed by atoms with Gasteiger partial charge in [0.2, 0.25) is 0 Å². The van der Waals surface area contributed by atoms with Crippen LogP contribution in [0.15, 0.2) is 23.1 Å². The molecule has 3 N–H and O–H groups in total. The van der Waals surface area contributed by atoms with Crippen LogP contribution in [0.3, 0.4) is 0 Å². The lowest BCUT2D eigenvalue weighted by atomic mass is 9.37. The molecule has 8 fully saturated rings. The summed E-state index contributed by atoms with van der Waals surface area (Å²) >= 11 is 0. The van der Waals surface area contributed by atoms with Gasteiger partial charge in [0.25, 0.3) is 30.4 Å². The van der Waals surface area contributed by atoms with Gasteiger partial charge in [0.1, 0.15) is 0 Å². The van der Waals surface area contributed by atoms with Crippen molar-refractivity contribution < 1.29 is 38.9 Å². The summed E-state index contributed by atoms with van der Waals surface area (Å²) < 4.78 is 106. The molecule has 0 amide bonds. The number of hydrogen-bond donors (Lipinski definition) is 3. The Morgan fingerprint density at radius 2 is 1.46 bits per heavy atom. The van der Waals surface area contributed by atoms with Gasteiger partial charge in [-0.2, -0.15) is 25.3 Å². The molecule has 9 atom stereocenters. The molecular weight excluding hydrogens is 589 g/mol. The maximum atomic E-state index is 13.2. The highest BCUT2D eigenvalue weighted by Gasteiger charge is 2.79. The molecule has 0 radical (unpaired) electrons. The van der Waals surface area contributed by atoms with Crippen molar-refractivity contribution in [3.05, 3.63) is 29.3 Å². The Kier molecular flexibility index (Phi) is 5.34.